The number of hydrogen-bond acceptors (Lipinski definition) is 3. The Morgan fingerprint density at radius 3 is 2.53 bits per heavy atom. The Bertz CT molecular complexity index is 402. The van der Waals surface area contributed by atoms with E-state index in [0.29, 0.717) is 17.2 Å². The molecule has 0 aliphatic rings. The first-order valence-electron chi connectivity index (χ1n) is 5.65. The Hall–Kier alpha value is -1.16. The number of thioether (sulfide) groups is 1. The van der Waals surface area contributed by atoms with E-state index in [9.17, 15) is 4.79 Å². The number of nitrogen functional groups attached to an aromatic ring is 1. The van der Waals surface area contributed by atoms with E-state index in [1.54, 1.807) is 36.8 Å². The van der Waals surface area contributed by atoms with E-state index in [0.717, 1.165) is 10.6 Å². The van der Waals surface area contributed by atoms with Crippen LogP contribution in [0.1, 0.15) is 24.2 Å². The van der Waals surface area contributed by atoms with Gasteiger partial charge in [0.2, 0.25) is 0 Å². The zero-order valence-corrected chi connectivity index (χ0v) is 11.7. The molecule has 4 heteroatoms. The van der Waals surface area contributed by atoms with Gasteiger partial charge in [0, 0.05) is 36.0 Å². The third-order valence-corrected chi connectivity index (χ3v) is 3.75. The minimum atomic E-state index is -0.0166. The number of carbonyl (C=O) groups is 1. The van der Waals surface area contributed by atoms with Crippen LogP contribution in [-0.2, 0) is 0 Å². The van der Waals surface area contributed by atoms with Crippen molar-refractivity contribution in [2.45, 2.75) is 18.7 Å². The number of nitrogens with zero attached hydrogens (tertiary/aromatic N) is 1. The zero-order valence-electron chi connectivity index (χ0n) is 10.9. The summed E-state index contributed by atoms with van der Waals surface area (Å²) >= 11 is 1.73. The van der Waals surface area contributed by atoms with Gasteiger partial charge in [-0.2, -0.15) is 0 Å². The summed E-state index contributed by atoms with van der Waals surface area (Å²) in [6.07, 6.45) is 0. The molecule has 94 valence electrons. The first kappa shape index (κ1) is 13.9. The van der Waals surface area contributed by atoms with Crippen LogP contribution in [0.5, 0.6) is 0 Å². The molecule has 0 saturated carbocycles. The van der Waals surface area contributed by atoms with Crippen molar-refractivity contribution in [2.75, 3.05) is 25.6 Å². The fourth-order valence-electron chi connectivity index (χ4n) is 1.33. The molecule has 3 nitrogen and oxygen atoms in total. The summed E-state index contributed by atoms with van der Waals surface area (Å²) in [5.41, 5.74) is 7.28. The summed E-state index contributed by atoms with van der Waals surface area (Å²) in [6.45, 7) is 4.35. The molecule has 1 aromatic rings. The Morgan fingerprint density at radius 2 is 2.06 bits per heavy atom. The van der Waals surface area contributed by atoms with Crippen molar-refractivity contribution in [1.29, 1.82) is 0 Å². The van der Waals surface area contributed by atoms with E-state index in [-0.39, 0.29) is 5.91 Å². The lowest BCUT2D eigenvalue weighted by molar-refractivity contribution is 0.0827. The molecule has 0 aliphatic heterocycles. The van der Waals surface area contributed by atoms with Crippen molar-refractivity contribution in [3.63, 3.8) is 0 Å². The largest absolute Gasteiger partial charge is 0.398 e. The van der Waals surface area contributed by atoms with Crippen molar-refractivity contribution in [3.8, 4) is 0 Å². The molecule has 17 heavy (non-hydrogen) atoms. The Labute approximate surface area is 107 Å². The predicted octanol–water partition coefficient (Wildman–Crippen LogP) is 2.72. The third-order valence-electron chi connectivity index (χ3n) is 2.24. The second-order valence-electron chi connectivity index (χ2n) is 4.66. The van der Waals surface area contributed by atoms with Gasteiger partial charge in [0.25, 0.3) is 5.91 Å². The number of nitrogens with two attached hydrogens (primary N) is 1. The molecule has 0 aliphatic carbocycles. The van der Waals surface area contributed by atoms with E-state index in [1.165, 1.54) is 0 Å². The predicted molar refractivity (Wildman–Crippen MR) is 74.4 cm³/mol. The summed E-state index contributed by atoms with van der Waals surface area (Å²) in [6, 6.07) is 5.52. The number of benzene rings is 1. The maximum absolute atomic E-state index is 11.7. The van der Waals surface area contributed by atoms with Gasteiger partial charge in [-0.05, 0) is 24.1 Å². The Kier molecular flexibility index (Phi) is 4.87. The highest BCUT2D eigenvalue weighted by molar-refractivity contribution is 7.99. The van der Waals surface area contributed by atoms with Crippen molar-refractivity contribution >= 4 is 23.4 Å². The molecule has 1 amide bonds. The first-order valence-corrected chi connectivity index (χ1v) is 6.64. The lowest BCUT2D eigenvalue weighted by atomic mass is 10.2. The standard InChI is InChI=1S/C13H20N2OS/c1-9(2)8-17-12-6-5-10(7-11(12)14)13(16)15(3)4/h5-7,9H,8,14H2,1-4H3. The monoisotopic (exact) mass is 252 g/mol. The number of hydrogen-bond donors (Lipinski definition) is 1. The van der Waals surface area contributed by atoms with E-state index in [4.69, 9.17) is 5.73 Å². The molecule has 0 atom stereocenters. The van der Waals surface area contributed by atoms with Gasteiger partial charge in [-0.25, -0.2) is 0 Å². The molecule has 0 saturated heterocycles. The number of anilines is 1. The fourth-order valence-corrected chi connectivity index (χ4v) is 2.23. The summed E-state index contributed by atoms with van der Waals surface area (Å²) < 4.78 is 0. The van der Waals surface area contributed by atoms with Crippen LogP contribution < -0.4 is 5.73 Å². The molecule has 0 spiro atoms. The molecule has 0 fully saturated rings. The molecular weight excluding hydrogens is 232 g/mol. The SMILES string of the molecule is CC(C)CSc1ccc(C(=O)N(C)C)cc1N. The van der Waals surface area contributed by atoms with Gasteiger partial charge < -0.3 is 10.6 Å². The quantitative estimate of drug-likeness (QED) is 0.662. The lowest BCUT2D eigenvalue weighted by Gasteiger charge is -2.12. The van der Waals surface area contributed by atoms with E-state index >= 15 is 0 Å². The van der Waals surface area contributed by atoms with Crippen LogP contribution in [0.2, 0.25) is 0 Å². The van der Waals surface area contributed by atoms with E-state index in [2.05, 4.69) is 13.8 Å². The van der Waals surface area contributed by atoms with Crippen LogP contribution in [0.15, 0.2) is 23.1 Å². The van der Waals surface area contributed by atoms with Crippen LogP contribution in [0.4, 0.5) is 5.69 Å². The normalized spacial score (nSPS) is 10.6. The van der Waals surface area contributed by atoms with Gasteiger partial charge in [-0.15, -0.1) is 11.8 Å². The smallest absolute Gasteiger partial charge is 0.253 e. The van der Waals surface area contributed by atoms with Gasteiger partial charge >= 0.3 is 0 Å². The van der Waals surface area contributed by atoms with Gasteiger partial charge in [-0.3, -0.25) is 4.79 Å². The Balaban J connectivity index is 2.83. The van der Waals surface area contributed by atoms with Crippen LogP contribution in [0.3, 0.4) is 0 Å². The minimum Gasteiger partial charge on any atom is -0.398 e. The molecule has 0 unspecified atom stereocenters. The molecule has 1 aromatic carbocycles. The average molecular weight is 252 g/mol. The topological polar surface area (TPSA) is 46.3 Å². The van der Waals surface area contributed by atoms with Crippen molar-refractivity contribution < 1.29 is 4.79 Å². The summed E-state index contributed by atoms with van der Waals surface area (Å²) in [7, 11) is 3.47. The van der Waals surface area contributed by atoms with Crippen LogP contribution in [0, 0.1) is 5.92 Å². The van der Waals surface area contributed by atoms with Gasteiger partial charge in [-0.1, -0.05) is 13.8 Å². The van der Waals surface area contributed by atoms with Crippen molar-refractivity contribution in [2.24, 2.45) is 5.92 Å². The maximum Gasteiger partial charge on any atom is 0.253 e. The second kappa shape index (κ2) is 5.96. The summed E-state index contributed by atoms with van der Waals surface area (Å²) in [5, 5.41) is 0. The van der Waals surface area contributed by atoms with Crippen molar-refractivity contribution in [1.82, 2.24) is 4.90 Å². The van der Waals surface area contributed by atoms with E-state index < -0.39 is 0 Å². The van der Waals surface area contributed by atoms with Crippen LogP contribution in [0.25, 0.3) is 0 Å². The third kappa shape index (κ3) is 3.97. The molecule has 0 aromatic heterocycles. The average Bonchev–Trinajstić information content (AvgIpc) is 2.26. The number of rotatable bonds is 4. The highest BCUT2D eigenvalue weighted by Gasteiger charge is 2.10. The molecular formula is C13H20N2OS. The molecule has 1 rings (SSSR count). The fraction of sp³-hybridized carbons (Fsp3) is 0.462. The van der Waals surface area contributed by atoms with Gasteiger partial charge in [0.1, 0.15) is 0 Å². The molecule has 2 N–H and O–H groups in total. The maximum atomic E-state index is 11.7. The lowest BCUT2D eigenvalue weighted by Crippen LogP contribution is -2.21. The number of amides is 1. The second-order valence-corrected chi connectivity index (χ2v) is 5.72. The first-order chi connectivity index (χ1) is 7.91. The zero-order chi connectivity index (χ0) is 13.0. The van der Waals surface area contributed by atoms with Gasteiger partial charge in [0.15, 0.2) is 0 Å². The minimum absolute atomic E-state index is 0.0166. The highest BCUT2D eigenvalue weighted by Crippen LogP contribution is 2.27. The van der Waals surface area contributed by atoms with Crippen LogP contribution >= 0.6 is 11.8 Å². The molecule has 0 radical (unpaired) electrons. The summed E-state index contributed by atoms with van der Waals surface area (Å²) in [4.78, 5) is 14.3. The highest BCUT2D eigenvalue weighted by atomic mass is 32.2. The summed E-state index contributed by atoms with van der Waals surface area (Å²) in [5.74, 6) is 1.64. The van der Waals surface area contributed by atoms with Gasteiger partial charge in [0.05, 0.1) is 0 Å². The number of carbonyl (C=O) groups excluding carboxylic acids is 1. The molecule has 0 heterocycles. The molecule has 0 bridgehead atoms. The Morgan fingerprint density at radius 1 is 1.41 bits per heavy atom. The van der Waals surface area contributed by atoms with Crippen LogP contribution in [-0.4, -0.2) is 30.7 Å². The van der Waals surface area contributed by atoms with E-state index in [1.807, 2.05) is 12.1 Å². The van der Waals surface area contributed by atoms with Crippen molar-refractivity contribution in [3.05, 3.63) is 23.8 Å².